The van der Waals surface area contributed by atoms with E-state index < -0.39 is 29.2 Å². The average molecular weight is 420 g/mol. The Bertz CT molecular complexity index is 1140. The van der Waals surface area contributed by atoms with Crippen LogP contribution in [0.3, 0.4) is 0 Å². The van der Waals surface area contributed by atoms with Gasteiger partial charge in [0.2, 0.25) is 5.91 Å². The molecule has 0 aliphatic carbocycles. The highest BCUT2D eigenvalue weighted by molar-refractivity contribution is 6.24. The Labute approximate surface area is 177 Å². The fourth-order valence-electron chi connectivity index (χ4n) is 3.74. The van der Waals surface area contributed by atoms with Crippen LogP contribution in [0.25, 0.3) is 0 Å². The third kappa shape index (κ3) is 3.48. The molecule has 1 atom stereocenters. The topological polar surface area (TPSA) is 126 Å². The molecule has 31 heavy (non-hydrogen) atoms. The first-order valence-electron chi connectivity index (χ1n) is 9.77. The van der Waals surface area contributed by atoms with Crippen molar-refractivity contribution in [3.63, 3.8) is 0 Å². The number of fused-ring (bicyclic) bond motifs is 1. The van der Waals surface area contributed by atoms with Crippen molar-refractivity contribution >= 4 is 29.5 Å². The molecule has 3 heterocycles. The van der Waals surface area contributed by atoms with Gasteiger partial charge in [0.25, 0.3) is 23.6 Å². The molecule has 0 spiro atoms. The maximum Gasteiger partial charge on any atom is 0.262 e. The molecule has 0 unspecified atom stereocenters. The lowest BCUT2D eigenvalue weighted by Crippen LogP contribution is -2.62. The number of imide groups is 2. The van der Waals surface area contributed by atoms with E-state index >= 15 is 0 Å². The Morgan fingerprint density at radius 1 is 1.13 bits per heavy atom. The van der Waals surface area contributed by atoms with Gasteiger partial charge in [-0.2, -0.15) is 0 Å². The number of carbonyl (C=O) groups excluding carboxylic acids is 5. The number of hydrogen-bond donors (Lipinski definition) is 2. The smallest absolute Gasteiger partial charge is 0.262 e. The second-order valence-electron chi connectivity index (χ2n) is 7.85. The summed E-state index contributed by atoms with van der Waals surface area (Å²) in [6, 6.07) is 8.10. The van der Waals surface area contributed by atoms with Crippen LogP contribution in [0.4, 0.5) is 0 Å². The average Bonchev–Trinajstić information content (AvgIpc) is 3.00. The third-order valence-corrected chi connectivity index (χ3v) is 5.65. The molecular weight excluding hydrogens is 400 g/mol. The molecule has 0 saturated carbocycles. The molecule has 2 N–H and O–H groups in total. The summed E-state index contributed by atoms with van der Waals surface area (Å²) >= 11 is 0. The van der Waals surface area contributed by atoms with Crippen molar-refractivity contribution in [3.8, 4) is 0 Å². The van der Waals surface area contributed by atoms with E-state index in [-0.39, 0.29) is 36.4 Å². The first-order valence-corrected chi connectivity index (χ1v) is 9.77. The van der Waals surface area contributed by atoms with Crippen LogP contribution < -0.4 is 10.6 Å². The highest BCUT2D eigenvalue weighted by Gasteiger charge is 2.52. The Morgan fingerprint density at radius 2 is 1.87 bits per heavy atom. The van der Waals surface area contributed by atoms with Crippen molar-refractivity contribution < 1.29 is 24.0 Å². The fourth-order valence-corrected chi connectivity index (χ4v) is 3.74. The van der Waals surface area contributed by atoms with E-state index in [2.05, 4.69) is 15.6 Å². The number of aromatic nitrogens is 1. The van der Waals surface area contributed by atoms with E-state index in [9.17, 15) is 24.0 Å². The SMILES string of the molecule is Cc1ccc(C(=O)NCc2ccc3c(c2)C(=O)N([C@@]2(C)CCC(=O)NC2=O)C3=O)cn1. The van der Waals surface area contributed by atoms with Crippen molar-refractivity contribution in [2.24, 2.45) is 0 Å². The van der Waals surface area contributed by atoms with E-state index in [4.69, 9.17) is 0 Å². The summed E-state index contributed by atoms with van der Waals surface area (Å²) in [5.41, 5.74) is 0.757. The molecule has 9 nitrogen and oxygen atoms in total. The maximum atomic E-state index is 13.0. The van der Waals surface area contributed by atoms with Gasteiger partial charge in [-0.05, 0) is 50.1 Å². The second-order valence-corrected chi connectivity index (χ2v) is 7.85. The van der Waals surface area contributed by atoms with Crippen LogP contribution in [-0.4, -0.2) is 45.0 Å². The first-order chi connectivity index (χ1) is 14.7. The lowest BCUT2D eigenvalue weighted by molar-refractivity contribution is -0.140. The second kappa shape index (κ2) is 7.42. The molecule has 2 aliphatic heterocycles. The zero-order chi connectivity index (χ0) is 22.3. The monoisotopic (exact) mass is 420 g/mol. The number of carbonyl (C=O) groups is 5. The van der Waals surface area contributed by atoms with Gasteiger partial charge in [0.05, 0.1) is 16.7 Å². The minimum Gasteiger partial charge on any atom is -0.348 e. The van der Waals surface area contributed by atoms with Gasteiger partial charge < -0.3 is 5.32 Å². The zero-order valence-electron chi connectivity index (χ0n) is 17.0. The zero-order valence-corrected chi connectivity index (χ0v) is 17.0. The van der Waals surface area contributed by atoms with E-state index in [1.165, 1.54) is 19.2 Å². The van der Waals surface area contributed by atoms with Gasteiger partial charge in [0.1, 0.15) is 5.54 Å². The summed E-state index contributed by atoms with van der Waals surface area (Å²) < 4.78 is 0. The molecule has 2 aliphatic rings. The molecule has 0 bridgehead atoms. The molecule has 1 saturated heterocycles. The van der Waals surface area contributed by atoms with Gasteiger partial charge >= 0.3 is 0 Å². The van der Waals surface area contributed by atoms with Crippen molar-refractivity contribution in [3.05, 3.63) is 64.5 Å². The Morgan fingerprint density at radius 3 is 2.55 bits per heavy atom. The van der Waals surface area contributed by atoms with Crippen molar-refractivity contribution in [1.82, 2.24) is 20.5 Å². The highest BCUT2D eigenvalue weighted by Crippen LogP contribution is 2.34. The number of benzene rings is 1. The number of hydrogen-bond acceptors (Lipinski definition) is 6. The minimum absolute atomic E-state index is 0.0425. The number of pyridine rings is 1. The number of nitrogens with zero attached hydrogens (tertiary/aromatic N) is 2. The van der Waals surface area contributed by atoms with Crippen LogP contribution in [0.5, 0.6) is 0 Å². The third-order valence-electron chi connectivity index (χ3n) is 5.65. The molecule has 9 heteroatoms. The van der Waals surface area contributed by atoms with E-state index in [1.807, 2.05) is 6.92 Å². The molecule has 0 radical (unpaired) electrons. The quantitative estimate of drug-likeness (QED) is 0.714. The number of amides is 5. The van der Waals surface area contributed by atoms with Gasteiger partial charge in [-0.25, -0.2) is 0 Å². The molecular formula is C22H20N4O5. The summed E-state index contributed by atoms with van der Waals surface area (Å²) in [6.07, 6.45) is 1.59. The lowest BCUT2D eigenvalue weighted by Gasteiger charge is -2.38. The summed E-state index contributed by atoms with van der Waals surface area (Å²) in [7, 11) is 0. The Hall–Kier alpha value is -3.88. The van der Waals surface area contributed by atoms with E-state index in [0.29, 0.717) is 11.1 Å². The fraction of sp³-hybridized carbons (Fsp3) is 0.273. The predicted octanol–water partition coefficient (Wildman–Crippen LogP) is 1.11. The predicted molar refractivity (Wildman–Crippen MR) is 108 cm³/mol. The van der Waals surface area contributed by atoms with E-state index in [0.717, 1.165) is 10.6 Å². The van der Waals surface area contributed by atoms with Gasteiger partial charge in [-0.15, -0.1) is 0 Å². The molecule has 4 rings (SSSR count). The molecule has 1 fully saturated rings. The van der Waals surface area contributed by atoms with Crippen LogP contribution in [0.2, 0.25) is 0 Å². The van der Waals surface area contributed by atoms with Crippen LogP contribution in [0.1, 0.15) is 62.1 Å². The van der Waals surface area contributed by atoms with Crippen LogP contribution >= 0.6 is 0 Å². The normalized spacial score (nSPS) is 20.5. The highest BCUT2D eigenvalue weighted by atomic mass is 16.2. The van der Waals surface area contributed by atoms with Gasteiger partial charge in [0.15, 0.2) is 0 Å². The van der Waals surface area contributed by atoms with Crippen LogP contribution in [0, 0.1) is 6.92 Å². The Balaban J connectivity index is 1.53. The Kier molecular flexibility index (Phi) is 4.88. The van der Waals surface area contributed by atoms with Crippen molar-refractivity contribution in [1.29, 1.82) is 0 Å². The summed E-state index contributed by atoms with van der Waals surface area (Å²) in [5, 5.41) is 4.96. The summed E-state index contributed by atoms with van der Waals surface area (Å²) in [6.45, 7) is 3.45. The minimum atomic E-state index is -1.44. The molecule has 1 aromatic carbocycles. The van der Waals surface area contributed by atoms with Gasteiger partial charge in [0, 0.05) is 24.9 Å². The summed E-state index contributed by atoms with van der Waals surface area (Å²) in [5.74, 6) is -2.58. The van der Waals surface area contributed by atoms with Gasteiger partial charge in [-0.3, -0.25) is 39.2 Å². The molecule has 1 aromatic heterocycles. The van der Waals surface area contributed by atoms with E-state index in [1.54, 1.807) is 24.3 Å². The van der Waals surface area contributed by atoms with Crippen LogP contribution in [-0.2, 0) is 16.1 Å². The number of piperidine rings is 1. The standard InChI is InChI=1S/C22H20N4O5/c1-12-3-5-14(11-23-12)18(28)24-10-13-4-6-15-16(9-13)20(30)26(19(15)29)22(2)8-7-17(27)25-21(22)31/h3-6,9,11H,7-8,10H2,1-2H3,(H,24,28)(H,25,27,31)/t22-/m0/s1. The summed E-state index contributed by atoms with van der Waals surface area (Å²) in [4.78, 5) is 67.1. The number of nitrogens with one attached hydrogen (secondary N) is 2. The first kappa shape index (κ1) is 20.4. The van der Waals surface area contributed by atoms with Crippen LogP contribution in [0.15, 0.2) is 36.5 Å². The van der Waals surface area contributed by atoms with Crippen molar-refractivity contribution in [2.75, 3.05) is 0 Å². The molecule has 2 aromatic rings. The van der Waals surface area contributed by atoms with Gasteiger partial charge in [-0.1, -0.05) is 6.07 Å². The molecule has 158 valence electrons. The molecule has 5 amide bonds. The van der Waals surface area contributed by atoms with Crippen molar-refractivity contribution in [2.45, 2.75) is 38.8 Å². The maximum absolute atomic E-state index is 13.0. The number of rotatable bonds is 4. The lowest BCUT2D eigenvalue weighted by atomic mass is 9.89. The largest absolute Gasteiger partial charge is 0.348 e. The number of aryl methyl sites for hydroxylation is 1.